The largest absolute Gasteiger partial charge is 0.323 e. The standard InChI is InChI=1S/C15H8ClN5O2S2/c16-11-7-12-13(6-9(11)8-17)25(22,23)21-14(19-20-15(21)24-12)18-10-4-2-1-3-5-10/h1-7H,(H,18,19). The summed E-state index contributed by atoms with van der Waals surface area (Å²) in [7, 11) is -3.96. The third-order valence-electron chi connectivity index (χ3n) is 3.50. The van der Waals surface area contributed by atoms with Crippen molar-refractivity contribution in [3.63, 3.8) is 0 Å². The highest BCUT2D eigenvalue weighted by Gasteiger charge is 2.34. The summed E-state index contributed by atoms with van der Waals surface area (Å²) in [5, 5.41) is 20.3. The number of aromatic nitrogens is 3. The molecule has 0 bridgehead atoms. The minimum absolute atomic E-state index is 0.00172. The number of benzene rings is 2. The van der Waals surface area contributed by atoms with Crippen LogP contribution in [-0.4, -0.2) is 22.6 Å². The van der Waals surface area contributed by atoms with Gasteiger partial charge in [0.2, 0.25) is 11.1 Å². The highest BCUT2D eigenvalue weighted by atomic mass is 35.5. The number of fused-ring (bicyclic) bond motifs is 2. The van der Waals surface area contributed by atoms with E-state index in [9.17, 15) is 8.42 Å². The lowest BCUT2D eigenvalue weighted by Crippen LogP contribution is -2.20. The Morgan fingerprint density at radius 3 is 2.68 bits per heavy atom. The molecule has 0 amide bonds. The molecule has 0 saturated carbocycles. The van der Waals surface area contributed by atoms with E-state index in [0.29, 0.717) is 10.6 Å². The maximum atomic E-state index is 13.0. The number of nitriles is 1. The second-order valence-corrected chi connectivity index (χ2v) is 8.23. The SMILES string of the molecule is N#Cc1cc2c(cc1Cl)Sc1nnc(Nc3ccccc3)n1S2(=O)=O. The molecule has 2 heterocycles. The molecule has 10 heteroatoms. The molecule has 1 aliphatic rings. The van der Waals surface area contributed by atoms with Gasteiger partial charge in [0.25, 0.3) is 10.0 Å². The Kier molecular flexibility index (Phi) is 3.68. The average molecular weight is 390 g/mol. The lowest BCUT2D eigenvalue weighted by Gasteiger charge is -2.19. The van der Waals surface area contributed by atoms with Gasteiger partial charge < -0.3 is 5.32 Å². The number of rotatable bonds is 2. The zero-order valence-corrected chi connectivity index (χ0v) is 14.7. The van der Waals surface area contributed by atoms with Gasteiger partial charge in [0.1, 0.15) is 11.0 Å². The van der Waals surface area contributed by atoms with Gasteiger partial charge in [-0.2, -0.15) is 9.23 Å². The summed E-state index contributed by atoms with van der Waals surface area (Å²) >= 11 is 7.13. The molecule has 1 aromatic heterocycles. The topological polar surface area (TPSA) is 101 Å². The third kappa shape index (κ3) is 2.55. The van der Waals surface area contributed by atoms with Crippen molar-refractivity contribution in [2.75, 3.05) is 5.32 Å². The first kappa shape index (κ1) is 16.0. The van der Waals surface area contributed by atoms with Gasteiger partial charge in [0, 0.05) is 10.6 Å². The second kappa shape index (κ2) is 5.77. The molecule has 0 radical (unpaired) electrons. The highest BCUT2D eigenvalue weighted by Crippen LogP contribution is 2.42. The van der Waals surface area contributed by atoms with Gasteiger partial charge in [-0.05, 0) is 36.0 Å². The summed E-state index contributed by atoms with van der Waals surface area (Å²) in [6.07, 6.45) is 0. The van der Waals surface area contributed by atoms with Crippen LogP contribution in [0.3, 0.4) is 0 Å². The number of hydrogen-bond acceptors (Lipinski definition) is 7. The van der Waals surface area contributed by atoms with Crippen LogP contribution in [0.25, 0.3) is 0 Å². The molecule has 0 aliphatic carbocycles. The maximum absolute atomic E-state index is 13.0. The normalized spacial score (nSPS) is 14.2. The van der Waals surface area contributed by atoms with Crippen LogP contribution >= 0.6 is 23.4 Å². The zero-order chi connectivity index (χ0) is 17.6. The molecule has 0 fully saturated rings. The molecule has 0 atom stereocenters. The Morgan fingerprint density at radius 2 is 1.96 bits per heavy atom. The van der Waals surface area contributed by atoms with Crippen molar-refractivity contribution in [1.82, 2.24) is 14.2 Å². The summed E-state index contributed by atoms with van der Waals surface area (Å²) in [6.45, 7) is 0. The van der Waals surface area contributed by atoms with Crippen molar-refractivity contribution in [2.24, 2.45) is 0 Å². The van der Waals surface area contributed by atoms with Crippen LogP contribution < -0.4 is 5.32 Å². The fraction of sp³-hybridized carbons (Fsp3) is 0. The summed E-state index contributed by atoms with van der Waals surface area (Å²) in [4.78, 5) is 0.414. The Balaban J connectivity index is 1.86. The Hall–Kier alpha value is -2.54. The molecule has 1 N–H and O–H groups in total. The van der Waals surface area contributed by atoms with E-state index in [2.05, 4.69) is 15.5 Å². The van der Waals surface area contributed by atoms with Crippen molar-refractivity contribution < 1.29 is 8.42 Å². The van der Waals surface area contributed by atoms with Crippen LogP contribution in [0.15, 0.2) is 57.4 Å². The average Bonchev–Trinajstić information content (AvgIpc) is 2.99. The van der Waals surface area contributed by atoms with E-state index < -0.39 is 10.0 Å². The van der Waals surface area contributed by atoms with Crippen molar-refractivity contribution in [1.29, 1.82) is 5.26 Å². The molecular formula is C15H8ClN5O2S2. The van der Waals surface area contributed by atoms with Crippen LogP contribution in [0, 0.1) is 11.3 Å². The van der Waals surface area contributed by atoms with Gasteiger partial charge in [0.15, 0.2) is 0 Å². The predicted molar refractivity (Wildman–Crippen MR) is 92.6 cm³/mol. The van der Waals surface area contributed by atoms with Gasteiger partial charge in [-0.15, -0.1) is 10.2 Å². The van der Waals surface area contributed by atoms with Crippen molar-refractivity contribution >= 4 is 45.0 Å². The third-order valence-corrected chi connectivity index (χ3v) is 6.78. The second-order valence-electron chi connectivity index (χ2n) is 5.06. The van der Waals surface area contributed by atoms with Gasteiger partial charge in [0.05, 0.1) is 10.6 Å². The molecule has 124 valence electrons. The molecule has 3 aromatic rings. The van der Waals surface area contributed by atoms with Crippen molar-refractivity contribution in [2.45, 2.75) is 14.9 Å². The van der Waals surface area contributed by atoms with Gasteiger partial charge in [-0.1, -0.05) is 29.8 Å². The molecule has 4 rings (SSSR count). The number of para-hydroxylation sites is 1. The Labute approximate surface area is 152 Å². The molecule has 25 heavy (non-hydrogen) atoms. The van der Waals surface area contributed by atoms with Crippen LogP contribution in [0.5, 0.6) is 0 Å². The summed E-state index contributed by atoms with van der Waals surface area (Å²) in [6, 6.07) is 13.7. The molecule has 2 aromatic carbocycles. The summed E-state index contributed by atoms with van der Waals surface area (Å²) in [5.41, 5.74) is 0.774. The highest BCUT2D eigenvalue weighted by molar-refractivity contribution is 8.01. The number of hydrogen-bond donors (Lipinski definition) is 1. The number of halogens is 1. The van der Waals surface area contributed by atoms with Crippen LogP contribution in [0.1, 0.15) is 5.56 Å². The first-order valence-corrected chi connectivity index (χ1v) is 9.59. The number of nitrogens with zero attached hydrogens (tertiary/aromatic N) is 4. The Bertz CT molecular complexity index is 1140. The van der Waals surface area contributed by atoms with Crippen molar-refractivity contribution in [3.8, 4) is 6.07 Å². The van der Waals surface area contributed by atoms with E-state index in [1.165, 1.54) is 12.1 Å². The van der Waals surface area contributed by atoms with Crippen LogP contribution in [0.4, 0.5) is 11.6 Å². The van der Waals surface area contributed by atoms with E-state index in [1.54, 1.807) is 12.1 Å². The predicted octanol–water partition coefficient (Wildman–Crippen LogP) is 3.25. The van der Waals surface area contributed by atoms with Gasteiger partial charge >= 0.3 is 0 Å². The van der Waals surface area contributed by atoms with Crippen LogP contribution in [-0.2, 0) is 10.0 Å². The monoisotopic (exact) mass is 389 g/mol. The van der Waals surface area contributed by atoms with Crippen molar-refractivity contribution in [3.05, 3.63) is 53.1 Å². The fourth-order valence-corrected chi connectivity index (χ4v) is 5.60. The van der Waals surface area contributed by atoms with Gasteiger partial charge in [-0.3, -0.25) is 0 Å². The lowest BCUT2D eigenvalue weighted by molar-refractivity contribution is 0.579. The van der Waals surface area contributed by atoms with Gasteiger partial charge in [-0.25, -0.2) is 8.42 Å². The van der Waals surface area contributed by atoms with E-state index in [1.807, 2.05) is 24.3 Å². The summed E-state index contributed by atoms with van der Waals surface area (Å²) < 4.78 is 27.1. The smallest absolute Gasteiger partial charge is 0.273 e. The molecular weight excluding hydrogens is 382 g/mol. The van der Waals surface area contributed by atoms with E-state index >= 15 is 0 Å². The zero-order valence-electron chi connectivity index (χ0n) is 12.3. The fourth-order valence-electron chi connectivity index (χ4n) is 2.37. The maximum Gasteiger partial charge on any atom is 0.273 e. The summed E-state index contributed by atoms with van der Waals surface area (Å²) in [5.74, 6) is 0.0767. The lowest BCUT2D eigenvalue weighted by atomic mass is 10.2. The minimum Gasteiger partial charge on any atom is -0.323 e. The van der Waals surface area contributed by atoms with E-state index in [-0.39, 0.29) is 26.6 Å². The number of anilines is 2. The first-order valence-electron chi connectivity index (χ1n) is 6.95. The van der Waals surface area contributed by atoms with E-state index in [0.717, 1.165) is 15.7 Å². The van der Waals surface area contributed by atoms with E-state index in [4.69, 9.17) is 16.9 Å². The molecule has 0 saturated heterocycles. The molecule has 7 nitrogen and oxygen atoms in total. The van der Waals surface area contributed by atoms with Crippen LogP contribution in [0.2, 0.25) is 5.02 Å². The quantitative estimate of drug-likeness (QED) is 0.561. The molecule has 0 unspecified atom stereocenters. The minimum atomic E-state index is -3.96. The first-order chi connectivity index (χ1) is 12.0. The molecule has 1 aliphatic heterocycles. The molecule has 0 spiro atoms. The number of nitrogens with one attached hydrogen (secondary N) is 1. The Morgan fingerprint density at radius 1 is 1.20 bits per heavy atom.